The van der Waals surface area contributed by atoms with E-state index < -0.39 is 11.7 Å². The number of nitrogen functional groups attached to an aromatic ring is 1. The quantitative estimate of drug-likeness (QED) is 0.531. The highest BCUT2D eigenvalue weighted by atomic mass is 16.6. The normalized spacial score (nSPS) is 11.6. The van der Waals surface area contributed by atoms with Crippen molar-refractivity contribution in [2.24, 2.45) is 0 Å². The number of fused-ring (bicyclic) bond motifs is 1. The van der Waals surface area contributed by atoms with Crippen molar-refractivity contribution in [2.45, 2.75) is 32.9 Å². The van der Waals surface area contributed by atoms with Crippen LogP contribution in [0.25, 0.3) is 22.6 Å². The topological polar surface area (TPSA) is 125 Å². The van der Waals surface area contributed by atoms with Crippen LogP contribution in [0.3, 0.4) is 0 Å². The zero-order valence-electron chi connectivity index (χ0n) is 17.7. The number of furan rings is 1. The van der Waals surface area contributed by atoms with Crippen LogP contribution in [0.2, 0.25) is 0 Å². The average molecular weight is 421 g/mol. The molecule has 1 amide bonds. The molecule has 31 heavy (non-hydrogen) atoms. The Bertz CT molecular complexity index is 1210. The maximum absolute atomic E-state index is 12.3. The smallest absolute Gasteiger partial charge is 0.414 e. The van der Waals surface area contributed by atoms with Crippen LogP contribution in [-0.2, 0) is 11.3 Å². The number of hydrogen-bond donors (Lipinski definition) is 1. The minimum atomic E-state index is -0.558. The van der Waals surface area contributed by atoms with Crippen molar-refractivity contribution in [2.75, 3.05) is 17.7 Å². The third-order valence-corrected chi connectivity index (χ3v) is 4.46. The number of anilines is 2. The monoisotopic (exact) mass is 421 g/mol. The molecule has 0 spiro atoms. The maximum Gasteiger partial charge on any atom is 0.414 e. The van der Waals surface area contributed by atoms with E-state index in [-0.39, 0.29) is 5.95 Å². The number of hydrogen-bond acceptors (Lipinski definition) is 8. The highest BCUT2D eigenvalue weighted by Crippen LogP contribution is 2.26. The van der Waals surface area contributed by atoms with Gasteiger partial charge in [-0.15, -0.1) is 5.10 Å². The van der Waals surface area contributed by atoms with Crippen molar-refractivity contribution >= 4 is 28.9 Å². The van der Waals surface area contributed by atoms with E-state index in [1.165, 1.54) is 4.90 Å². The fourth-order valence-electron chi connectivity index (χ4n) is 3.00. The summed E-state index contributed by atoms with van der Waals surface area (Å²) in [5.74, 6) is 0.650. The van der Waals surface area contributed by atoms with E-state index in [9.17, 15) is 4.79 Å². The lowest BCUT2D eigenvalue weighted by Gasteiger charge is -2.24. The number of rotatable bonds is 4. The van der Waals surface area contributed by atoms with Crippen LogP contribution < -0.4 is 10.6 Å². The Labute approximate surface area is 178 Å². The summed E-state index contributed by atoms with van der Waals surface area (Å²) in [6, 6.07) is 11.0. The Morgan fingerprint density at radius 1 is 1.19 bits per heavy atom. The van der Waals surface area contributed by atoms with Crippen LogP contribution in [0.1, 0.15) is 26.3 Å². The fourth-order valence-corrected chi connectivity index (χ4v) is 3.00. The number of aromatic nitrogens is 5. The minimum Gasteiger partial charge on any atom is -0.463 e. The number of benzene rings is 1. The molecule has 3 aromatic heterocycles. The molecule has 4 aromatic rings. The first kappa shape index (κ1) is 20.3. The summed E-state index contributed by atoms with van der Waals surface area (Å²) in [5.41, 5.74) is 8.51. The molecule has 0 radical (unpaired) electrons. The first-order valence-corrected chi connectivity index (χ1v) is 9.67. The molecule has 3 heterocycles. The molecule has 0 saturated carbocycles. The van der Waals surface area contributed by atoms with Crippen molar-refractivity contribution < 1.29 is 13.9 Å². The van der Waals surface area contributed by atoms with E-state index in [1.807, 2.05) is 45.0 Å². The van der Waals surface area contributed by atoms with Gasteiger partial charge in [0.15, 0.2) is 16.9 Å². The first-order valence-electron chi connectivity index (χ1n) is 9.67. The van der Waals surface area contributed by atoms with Crippen LogP contribution in [-0.4, -0.2) is 43.7 Å². The van der Waals surface area contributed by atoms with Gasteiger partial charge in [0.25, 0.3) is 0 Å². The predicted molar refractivity (Wildman–Crippen MR) is 115 cm³/mol. The van der Waals surface area contributed by atoms with Gasteiger partial charge in [0.1, 0.15) is 11.3 Å². The zero-order chi connectivity index (χ0) is 22.2. The summed E-state index contributed by atoms with van der Waals surface area (Å²) in [6.07, 6.45) is 1.14. The molecule has 0 saturated heterocycles. The molecule has 10 nitrogen and oxygen atoms in total. The summed E-state index contributed by atoms with van der Waals surface area (Å²) < 4.78 is 12.5. The molecular weight excluding hydrogens is 398 g/mol. The van der Waals surface area contributed by atoms with Crippen molar-refractivity contribution in [3.63, 3.8) is 0 Å². The van der Waals surface area contributed by atoms with Gasteiger partial charge >= 0.3 is 6.09 Å². The van der Waals surface area contributed by atoms with Gasteiger partial charge in [0, 0.05) is 12.7 Å². The van der Waals surface area contributed by atoms with Gasteiger partial charge in [-0.25, -0.2) is 14.5 Å². The standard InChI is InChI=1S/C21H23N7O3/c1-21(2,3)31-20(29)27(4)14-9-7-13(8-10-14)12-28-18-17(25-26-28)16(23-19(22)24-18)15-6-5-11-30-15/h5-11H,12H2,1-4H3,(H2,22,23,24). The molecule has 1 aromatic carbocycles. The summed E-state index contributed by atoms with van der Waals surface area (Å²) in [5, 5.41) is 8.43. The zero-order valence-corrected chi connectivity index (χ0v) is 17.7. The van der Waals surface area contributed by atoms with E-state index in [0.717, 1.165) is 5.56 Å². The molecule has 0 bridgehead atoms. The largest absolute Gasteiger partial charge is 0.463 e. The van der Waals surface area contributed by atoms with Gasteiger partial charge in [-0.1, -0.05) is 17.3 Å². The molecule has 0 unspecified atom stereocenters. The molecule has 160 valence electrons. The van der Waals surface area contributed by atoms with Gasteiger partial charge in [-0.3, -0.25) is 4.90 Å². The second-order valence-electron chi connectivity index (χ2n) is 8.03. The van der Waals surface area contributed by atoms with E-state index in [1.54, 1.807) is 30.1 Å². The van der Waals surface area contributed by atoms with Crippen molar-refractivity contribution in [3.05, 3.63) is 48.2 Å². The van der Waals surface area contributed by atoms with E-state index >= 15 is 0 Å². The SMILES string of the molecule is CN(C(=O)OC(C)(C)C)c1ccc(Cn2nnc3c(-c4ccco4)nc(N)nc32)cc1. The van der Waals surface area contributed by atoms with E-state index in [0.29, 0.717) is 34.9 Å². The highest BCUT2D eigenvalue weighted by Gasteiger charge is 2.21. The maximum atomic E-state index is 12.3. The summed E-state index contributed by atoms with van der Waals surface area (Å²) in [6.45, 7) is 5.91. The summed E-state index contributed by atoms with van der Waals surface area (Å²) >= 11 is 0. The molecule has 0 fully saturated rings. The summed E-state index contributed by atoms with van der Waals surface area (Å²) in [7, 11) is 1.67. The third-order valence-electron chi connectivity index (χ3n) is 4.46. The Morgan fingerprint density at radius 3 is 2.58 bits per heavy atom. The van der Waals surface area contributed by atoms with Crippen molar-refractivity contribution in [3.8, 4) is 11.5 Å². The van der Waals surface area contributed by atoms with Gasteiger partial charge in [-0.2, -0.15) is 4.98 Å². The Hall–Kier alpha value is -3.95. The second kappa shape index (κ2) is 7.71. The lowest BCUT2D eigenvalue weighted by molar-refractivity contribution is 0.0589. The molecule has 0 atom stereocenters. The van der Waals surface area contributed by atoms with Crippen LogP contribution in [0, 0.1) is 0 Å². The molecule has 4 rings (SSSR count). The number of amides is 1. The van der Waals surface area contributed by atoms with Gasteiger partial charge < -0.3 is 14.9 Å². The van der Waals surface area contributed by atoms with Crippen LogP contribution in [0.15, 0.2) is 47.1 Å². The Balaban J connectivity index is 1.57. The molecule has 0 aliphatic heterocycles. The molecule has 2 N–H and O–H groups in total. The van der Waals surface area contributed by atoms with Gasteiger partial charge in [-0.05, 0) is 50.6 Å². The summed E-state index contributed by atoms with van der Waals surface area (Å²) in [4.78, 5) is 22.3. The second-order valence-corrected chi connectivity index (χ2v) is 8.03. The number of nitrogens with zero attached hydrogens (tertiary/aromatic N) is 6. The molecule has 0 aliphatic rings. The number of carbonyl (C=O) groups excluding carboxylic acids is 1. The number of nitrogens with two attached hydrogens (primary N) is 1. The van der Waals surface area contributed by atoms with Crippen LogP contribution in [0.5, 0.6) is 0 Å². The molecule has 10 heteroatoms. The minimum absolute atomic E-state index is 0.108. The van der Waals surface area contributed by atoms with Gasteiger partial charge in [0.05, 0.1) is 12.8 Å². The van der Waals surface area contributed by atoms with Crippen molar-refractivity contribution in [1.82, 2.24) is 25.0 Å². The molecular formula is C21H23N7O3. The first-order chi connectivity index (χ1) is 14.7. The van der Waals surface area contributed by atoms with Crippen LogP contribution in [0.4, 0.5) is 16.4 Å². The number of ether oxygens (including phenoxy) is 1. The van der Waals surface area contributed by atoms with Crippen LogP contribution >= 0.6 is 0 Å². The lowest BCUT2D eigenvalue weighted by Crippen LogP contribution is -2.34. The number of carbonyl (C=O) groups is 1. The molecule has 0 aliphatic carbocycles. The van der Waals surface area contributed by atoms with E-state index in [4.69, 9.17) is 14.9 Å². The predicted octanol–water partition coefficient (Wildman–Crippen LogP) is 3.48. The van der Waals surface area contributed by atoms with Crippen molar-refractivity contribution in [1.29, 1.82) is 0 Å². The Kier molecular flexibility index (Phi) is 5.05. The third kappa shape index (κ3) is 4.32. The fraction of sp³-hybridized carbons (Fsp3) is 0.286. The van der Waals surface area contributed by atoms with E-state index in [2.05, 4.69) is 20.3 Å². The Morgan fingerprint density at radius 2 is 1.94 bits per heavy atom. The highest BCUT2D eigenvalue weighted by molar-refractivity contribution is 5.87. The lowest BCUT2D eigenvalue weighted by atomic mass is 10.2. The average Bonchev–Trinajstić information content (AvgIpc) is 3.37. The van der Waals surface area contributed by atoms with Gasteiger partial charge in [0.2, 0.25) is 5.95 Å².